The zero-order chi connectivity index (χ0) is 24.6. The second-order valence-electron chi connectivity index (χ2n) is 8.11. The van der Waals surface area contributed by atoms with Gasteiger partial charge in [-0.2, -0.15) is 0 Å². The van der Waals surface area contributed by atoms with Crippen molar-refractivity contribution in [2.75, 3.05) is 26.4 Å². The maximum atomic E-state index is 13.0. The summed E-state index contributed by atoms with van der Waals surface area (Å²) in [5, 5.41) is 0. The molecular weight excluding hydrogens is 432 g/mol. The van der Waals surface area contributed by atoms with Gasteiger partial charge in [0.2, 0.25) is 0 Å². The van der Waals surface area contributed by atoms with Gasteiger partial charge in [0.15, 0.2) is 12.2 Å². The fourth-order valence-corrected chi connectivity index (χ4v) is 3.27. The monoisotopic (exact) mass is 472 g/mol. The van der Waals surface area contributed by atoms with Crippen LogP contribution in [-0.4, -0.2) is 62.5 Å². The van der Waals surface area contributed by atoms with E-state index < -0.39 is 47.9 Å². The molecule has 1 aliphatic heterocycles. The normalized spacial score (nSPS) is 21.9. The maximum absolute atomic E-state index is 13.0. The SMILES string of the molecule is CCCCOC(=O)C1OC(C(=O)OCCCC)C(C(=O)OCCCC)C1C(=O)OCCCC. The van der Waals surface area contributed by atoms with E-state index in [1.54, 1.807) is 0 Å². The molecule has 1 aliphatic rings. The Hall–Kier alpha value is -2.16. The molecule has 0 amide bonds. The molecule has 1 fully saturated rings. The Morgan fingerprint density at radius 3 is 1.06 bits per heavy atom. The fourth-order valence-electron chi connectivity index (χ4n) is 3.27. The lowest BCUT2D eigenvalue weighted by Crippen LogP contribution is -2.42. The van der Waals surface area contributed by atoms with Gasteiger partial charge in [0, 0.05) is 0 Å². The summed E-state index contributed by atoms with van der Waals surface area (Å²) in [5.41, 5.74) is 0. The second-order valence-corrected chi connectivity index (χ2v) is 8.11. The lowest BCUT2D eigenvalue weighted by Gasteiger charge is -2.21. The Balaban J connectivity index is 3.18. The summed E-state index contributed by atoms with van der Waals surface area (Å²) >= 11 is 0. The van der Waals surface area contributed by atoms with Gasteiger partial charge in [0.05, 0.1) is 26.4 Å². The number of rotatable bonds is 16. The van der Waals surface area contributed by atoms with Crippen LogP contribution in [0.15, 0.2) is 0 Å². The third-order valence-electron chi connectivity index (χ3n) is 5.31. The molecule has 4 atom stereocenters. The van der Waals surface area contributed by atoms with Gasteiger partial charge in [0.1, 0.15) is 11.8 Å². The minimum absolute atomic E-state index is 0.132. The molecule has 0 aliphatic carbocycles. The molecule has 9 nitrogen and oxygen atoms in total. The van der Waals surface area contributed by atoms with E-state index >= 15 is 0 Å². The van der Waals surface area contributed by atoms with Crippen molar-refractivity contribution in [2.24, 2.45) is 11.8 Å². The third kappa shape index (κ3) is 9.31. The second kappa shape index (κ2) is 16.5. The van der Waals surface area contributed by atoms with Gasteiger partial charge < -0.3 is 23.7 Å². The molecule has 9 heteroatoms. The molecule has 0 radical (unpaired) electrons. The van der Waals surface area contributed by atoms with Crippen LogP contribution in [0.5, 0.6) is 0 Å². The molecule has 0 aromatic carbocycles. The molecule has 190 valence electrons. The third-order valence-corrected chi connectivity index (χ3v) is 5.31. The predicted molar refractivity (Wildman–Crippen MR) is 119 cm³/mol. The van der Waals surface area contributed by atoms with Crippen LogP contribution >= 0.6 is 0 Å². The van der Waals surface area contributed by atoms with Crippen LogP contribution < -0.4 is 0 Å². The molecule has 4 unspecified atom stereocenters. The molecule has 0 aromatic rings. The maximum Gasteiger partial charge on any atom is 0.336 e. The van der Waals surface area contributed by atoms with Crippen molar-refractivity contribution in [3.05, 3.63) is 0 Å². The van der Waals surface area contributed by atoms with Crippen molar-refractivity contribution >= 4 is 23.9 Å². The van der Waals surface area contributed by atoms with Gasteiger partial charge in [-0.05, 0) is 25.7 Å². The van der Waals surface area contributed by atoms with Crippen molar-refractivity contribution < 1.29 is 42.9 Å². The highest BCUT2D eigenvalue weighted by atomic mass is 16.6. The van der Waals surface area contributed by atoms with Gasteiger partial charge in [0.25, 0.3) is 0 Å². The predicted octanol–water partition coefficient (Wildman–Crippen LogP) is 3.36. The van der Waals surface area contributed by atoms with Gasteiger partial charge in [-0.25, -0.2) is 9.59 Å². The quantitative estimate of drug-likeness (QED) is 0.189. The molecule has 1 heterocycles. The minimum Gasteiger partial charge on any atom is -0.465 e. The molecule has 0 N–H and O–H groups in total. The molecule has 0 aromatic heterocycles. The van der Waals surface area contributed by atoms with E-state index in [0.29, 0.717) is 25.7 Å². The molecule has 0 spiro atoms. The van der Waals surface area contributed by atoms with E-state index in [-0.39, 0.29) is 26.4 Å². The highest BCUT2D eigenvalue weighted by molar-refractivity contribution is 5.94. The van der Waals surface area contributed by atoms with Crippen LogP contribution in [0, 0.1) is 11.8 Å². The minimum atomic E-state index is -1.46. The molecule has 1 saturated heterocycles. The summed E-state index contributed by atoms with van der Waals surface area (Å²) in [6, 6.07) is 0. The summed E-state index contributed by atoms with van der Waals surface area (Å²) in [7, 11) is 0. The number of hydrogen-bond donors (Lipinski definition) is 0. The molecule has 33 heavy (non-hydrogen) atoms. The Bertz CT molecular complexity index is 567. The first-order valence-electron chi connectivity index (χ1n) is 12.2. The van der Waals surface area contributed by atoms with Gasteiger partial charge in [-0.15, -0.1) is 0 Å². The van der Waals surface area contributed by atoms with Crippen molar-refractivity contribution in [1.29, 1.82) is 0 Å². The summed E-state index contributed by atoms with van der Waals surface area (Å²) in [5.74, 6) is -5.90. The summed E-state index contributed by atoms with van der Waals surface area (Å²) in [4.78, 5) is 51.5. The van der Waals surface area contributed by atoms with E-state index in [2.05, 4.69) is 0 Å². The van der Waals surface area contributed by atoms with Gasteiger partial charge in [-0.3, -0.25) is 9.59 Å². The summed E-state index contributed by atoms with van der Waals surface area (Å²) < 4.78 is 26.8. The average molecular weight is 473 g/mol. The first-order chi connectivity index (χ1) is 15.9. The zero-order valence-corrected chi connectivity index (χ0v) is 20.5. The number of esters is 4. The van der Waals surface area contributed by atoms with Crippen molar-refractivity contribution in [3.63, 3.8) is 0 Å². The lowest BCUT2D eigenvalue weighted by atomic mass is 9.86. The molecule has 1 rings (SSSR count). The molecule has 0 saturated carbocycles. The largest absolute Gasteiger partial charge is 0.465 e. The van der Waals surface area contributed by atoms with Gasteiger partial charge in [-0.1, -0.05) is 53.4 Å². The zero-order valence-electron chi connectivity index (χ0n) is 20.5. The van der Waals surface area contributed by atoms with Crippen molar-refractivity contribution in [3.8, 4) is 0 Å². The Labute approximate surface area is 196 Å². The standard InChI is InChI=1S/C24H40O9/c1-5-9-13-29-21(25)17-18(22(26)30-14-10-6-2)20(24(28)32-16-12-8-4)33-19(17)23(27)31-15-11-7-3/h17-20H,5-16H2,1-4H3. The van der Waals surface area contributed by atoms with Crippen molar-refractivity contribution in [2.45, 2.75) is 91.3 Å². The highest BCUT2D eigenvalue weighted by Gasteiger charge is 2.59. The first kappa shape index (κ1) is 28.9. The van der Waals surface area contributed by atoms with E-state index in [4.69, 9.17) is 23.7 Å². The number of hydrogen-bond acceptors (Lipinski definition) is 9. The summed E-state index contributed by atoms with van der Waals surface area (Å²) in [6.07, 6.45) is 2.81. The first-order valence-corrected chi connectivity index (χ1v) is 12.2. The molecular formula is C24H40O9. The van der Waals surface area contributed by atoms with E-state index in [1.807, 2.05) is 27.7 Å². The van der Waals surface area contributed by atoms with Crippen LogP contribution in [-0.2, 0) is 42.9 Å². The van der Waals surface area contributed by atoms with E-state index in [0.717, 1.165) is 25.7 Å². The highest BCUT2D eigenvalue weighted by Crippen LogP contribution is 2.36. The van der Waals surface area contributed by atoms with Crippen LogP contribution in [0.2, 0.25) is 0 Å². The van der Waals surface area contributed by atoms with Crippen LogP contribution in [0.1, 0.15) is 79.1 Å². The smallest absolute Gasteiger partial charge is 0.336 e. The number of carbonyl (C=O) groups is 4. The topological polar surface area (TPSA) is 114 Å². The van der Waals surface area contributed by atoms with E-state index in [1.165, 1.54) is 0 Å². The van der Waals surface area contributed by atoms with E-state index in [9.17, 15) is 19.2 Å². The van der Waals surface area contributed by atoms with Gasteiger partial charge >= 0.3 is 23.9 Å². The van der Waals surface area contributed by atoms with Crippen LogP contribution in [0.25, 0.3) is 0 Å². The van der Waals surface area contributed by atoms with Crippen LogP contribution in [0.3, 0.4) is 0 Å². The van der Waals surface area contributed by atoms with Crippen LogP contribution in [0.4, 0.5) is 0 Å². The van der Waals surface area contributed by atoms with Crippen molar-refractivity contribution in [1.82, 2.24) is 0 Å². The Morgan fingerprint density at radius 2 is 0.788 bits per heavy atom. The summed E-state index contributed by atoms with van der Waals surface area (Å²) in [6.45, 7) is 8.32. The number of carbonyl (C=O) groups excluding carboxylic acids is 4. The average Bonchev–Trinajstić information content (AvgIpc) is 3.20. The lowest BCUT2D eigenvalue weighted by molar-refractivity contribution is -0.170. The Morgan fingerprint density at radius 1 is 0.515 bits per heavy atom. The number of unbranched alkanes of at least 4 members (excludes halogenated alkanes) is 4. The Kier molecular flexibility index (Phi) is 14.4. The molecule has 0 bridgehead atoms. The number of ether oxygens (including phenoxy) is 5. The fraction of sp³-hybridized carbons (Fsp3) is 0.833.